The van der Waals surface area contributed by atoms with E-state index in [0.717, 1.165) is 5.57 Å². The van der Waals surface area contributed by atoms with Crippen molar-refractivity contribution < 1.29 is 0 Å². The van der Waals surface area contributed by atoms with E-state index in [-0.39, 0.29) is 0 Å². The highest BCUT2D eigenvalue weighted by Gasteiger charge is 2.13. The molecular weight excluding hydrogens is 112 g/mol. The highest BCUT2D eigenvalue weighted by atomic mass is 15.4. The van der Waals surface area contributed by atoms with E-state index in [2.05, 4.69) is 24.4 Å². The predicted octanol–water partition coefficient (Wildman–Crippen LogP) is 0.943. The van der Waals surface area contributed by atoms with Crippen LogP contribution in [0.15, 0.2) is 23.9 Å². The predicted molar refractivity (Wildman–Crippen MR) is 38.6 cm³/mol. The molecule has 2 heteroatoms. The molecule has 0 aromatic rings. The van der Waals surface area contributed by atoms with Crippen LogP contribution >= 0.6 is 0 Å². The van der Waals surface area contributed by atoms with Gasteiger partial charge in [-0.05, 0) is 19.4 Å². The first-order valence-electron chi connectivity index (χ1n) is 3.05. The van der Waals surface area contributed by atoms with Gasteiger partial charge in [-0.25, -0.2) is 5.43 Å². The molecular formula is C7H12N2. The van der Waals surface area contributed by atoms with Crippen LogP contribution in [0.2, 0.25) is 0 Å². The summed E-state index contributed by atoms with van der Waals surface area (Å²) in [6, 6.07) is 0.338. The molecule has 2 N–H and O–H groups in total. The van der Waals surface area contributed by atoms with Crippen molar-refractivity contribution in [1.29, 1.82) is 0 Å². The molecule has 1 unspecified atom stereocenters. The Morgan fingerprint density at radius 2 is 2.44 bits per heavy atom. The van der Waals surface area contributed by atoms with Crippen molar-refractivity contribution >= 4 is 0 Å². The van der Waals surface area contributed by atoms with Crippen molar-refractivity contribution in [1.82, 2.24) is 10.9 Å². The van der Waals surface area contributed by atoms with Gasteiger partial charge in [0.1, 0.15) is 0 Å². The molecule has 0 aromatic heterocycles. The Morgan fingerprint density at radius 1 is 1.78 bits per heavy atom. The molecule has 0 radical (unpaired) electrons. The zero-order chi connectivity index (χ0) is 6.85. The van der Waals surface area contributed by atoms with Crippen LogP contribution in [0.3, 0.4) is 0 Å². The average Bonchev–Trinajstić information content (AvgIpc) is 2.13. The Kier molecular flexibility index (Phi) is 1.58. The molecule has 50 valence electrons. The minimum atomic E-state index is 0.338. The van der Waals surface area contributed by atoms with Gasteiger partial charge in [-0.1, -0.05) is 12.2 Å². The van der Waals surface area contributed by atoms with Crippen LogP contribution in [-0.2, 0) is 0 Å². The lowest BCUT2D eigenvalue weighted by Crippen LogP contribution is -2.31. The summed E-state index contributed by atoms with van der Waals surface area (Å²) in [5.74, 6) is 0. The highest BCUT2D eigenvalue weighted by Crippen LogP contribution is 2.10. The van der Waals surface area contributed by atoms with E-state index in [9.17, 15) is 0 Å². The Morgan fingerprint density at radius 3 is 2.67 bits per heavy atom. The number of nitrogens with one attached hydrogen (secondary N) is 2. The average molecular weight is 124 g/mol. The molecule has 2 nitrogen and oxygen atoms in total. The maximum absolute atomic E-state index is 3.84. The monoisotopic (exact) mass is 124 g/mol. The van der Waals surface area contributed by atoms with Crippen LogP contribution in [0.4, 0.5) is 0 Å². The number of hydrogen-bond acceptors (Lipinski definition) is 2. The first-order valence-corrected chi connectivity index (χ1v) is 3.05. The summed E-state index contributed by atoms with van der Waals surface area (Å²) < 4.78 is 0. The van der Waals surface area contributed by atoms with Gasteiger partial charge in [0.2, 0.25) is 0 Å². The Balaban J connectivity index is 2.63. The van der Waals surface area contributed by atoms with Crippen LogP contribution in [-0.4, -0.2) is 6.04 Å². The Bertz CT molecular complexity index is 158. The van der Waals surface area contributed by atoms with E-state index in [0.29, 0.717) is 6.04 Å². The normalized spacial score (nSPS) is 25.1. The van der Waals surface area contributed by atoms with Gasteiger partial charge in [-0.3, -0.25) is 0 Å². The number of rotatable bonds is 1. The molecule has 0 amide bonds. The maximum Gasteiger partial charge on any atom is 0.0689 e. The second-order valence-corrected chi connectivity index (χ2v) is 2.46. The minimum Gasteiger partial charge on any atom is -0.328 e. The van der Waals surface area contributed by atoms with Crippen LogP contribution in [0, 0.1) is 0 Å². The fourth-order valence-corrected chi connectivity index (χ4v) is 0.948. The second kappa shape index (κ2) is 2.23. The molecule has 0 saturated carbocycles. The lowest BCUT2D eigenvalue weighted by Gasteiger charge is -2.10. The van der Waals surface area contributed by atoms with Crippen molar-refractivity contribution in [3.8, 4) is 0 Å². The minimum absolute atomic E-state index is 0.338. The van der Waals surface area contributed by atoms with E-state index < -0.39 is 0 Å². The summed E-state index contributed by atoms with van der Waals surface area (Å²) in [4.78, 5) is 0. The summed E-state index contributed by atoms with van der Waals surface area (Å²) in [6.07, 6.45) is 1.96. The summed E-state index contributed by atoms with van der Waals surface area (Å²) in [7, 11) is 0. The largest absolute Gasteiger partial charge is 0.328 e. The molecule has 1 rings (SSSR count). The van der Waals surface area contributed by atoms with Gasteiger partial charge < -0.3 is 5.43 Å². The van der Waals surface area contributed by atoms with Crippen molar-refractivity contribution in [2.75, 3.05) is 0 Å². The fourth-order valence-electron chi connectivity index (χ4n) is 0.948. The number of hydrazine groups is 1. The molecule has 0 spiro atoms. The third-order valence-electron chi connectivity index (χ3n) is 1.48. The van der Waals surface area contributed by atoms with Gasteiger partial charge in [-0.15, -0.1) is 0 Å². The van der Waals surface area contributed by atoms with Crippen molar-refractivity contribution in [2.24, 2.45) is 0 Å². The first kappa shape index (κ1) is 6.36. The van der Waals surface area contributed by atoms with Crippen LogP contribution in [0.1, 0.15) is 13.8 Å². The molecule has 1 aliphatic heterocycles. The molecule has 0 aliphatic carbocycles. The molecule has 0 bridgehead atoms. The van der Waals surface area contributed by atoms with E-state index in [4.69, 9.17) is 0 Å². The van der Waals surface area contributed by atoms with E-state index >= 15 is 0 Å². The third-order valence-corrected chi connectivity index (χ3v) is 1.48. The van der Waals surface area contributed by atoms with Gasteiger partial charge in [0, 0.05) is 6.20 Å². The van der Waals surface area contributed by atoms with E-state index in [1.54, 1.807) is 0 Å². The summed E-state index contributed by atoms with van der Waals surface area (Å²) in [5, 5.41) is 0. The topological polar surface area (TPSA) is 24.1 Å². The SMILES string of the molecule is C=C(C)C1NNC=C1C. The molecule has 0 aromatic carbocycles. The van der Waals surface area contributed by atoms with Crippen LogP contribution in [0.5, 0.6) is 0 Å². The zero-order valence-corrected chi connectivity index (χ0v) is 5.86. The van der Waals surface area contributed by atoms with Gasteiger partial charge in [0.25, 0.3) is 0 Å². The first-order chi connectivity index (χ1) is 4.22. The quantitative estimate of drug-likeness (QED) is 0.508. The maximum atomic E-state index is 3.84. The molecule has 0 fully saturated rings. The lowest BCUT2D eigenvalue weighted by molar-refractivity contribution is 0.627. The smallest absolute Gasteiger partial charge is 0.0689 e. The third kappa shape index (κ3) is 1.13. The fraction of sp³-hybridized carbons (Fsp3) is 0.429. The van der Waals surface area contributed by atoms with E-state index in [1.165, 1.54) is 5.57 Å². The standard InChI is InChI=1S/C7H12N2/c1-5(2)7-6(3)4-8-9-7/h4,7-9H,1H2,2-3H3. The van der Waals surface area contributed by atoms with Crippen molar-refractivity contribution in [3.05, 3.63) is 23.9 Å². The Hall–Kier alpha value is -0.760. The van der Waals surface area contributed by atoms with Gasteiger partial charge in [0.15, 0.2) is 0 Å². The van der Waals surface area contributed by atoms with Gasteiger partial charge in [-0.2, -0.15) is 0 Å². The molecule has 1 heterocycles. The lowest BCUT2D eigenvalue weighted by atomic mass is 10.1. The summed E-state index contributed by atoms with van der Waals surface area (Å²) >= 11 is 0. The second-order valence-electron chi connectivity index (χ2n) is 2.46. The molecule has 9 heavy (non-hydrogen) atoms. The molecule has 0 saturated heterocycles. The van der Waals surface area contributed by atoms with Crippen LogP contribution < -0.4 is 10.9 Å². The summed E-state index contributed by atoms with van der Waals surface area (Å²) in [6.45, 7) is 7.94. The van der Waals surface area contributed by atoms with E-state index in [1.807, 2.05) is 13.1 Å². The molecule has 1 atom stereocenters. The van der Waals surface area contributed by atoms with Crippen LogP contribution in [0.25, 0.3) is 0 Å². The number of hydrogen-bond donors (Lipinski definition) is 2. The summed E-state index contributed by atoms with van der Waals surface area (Å²) in [5.41, 5.74) is 8.44. The van der Waals surface area contributed by atoms with Gasteiger partial charge >= 0.3 is 0 Å². The zero-order valence-electron chi connectivity index (χ0n) is 5.86. The van der Waals surface area contributed by atoms with Crippen molar-refractivity contribution in [2.45, 2.75) is 19.9 Å². The molecule has 1 aliphatic rings. The Labute approximate surface area is 55.6 Å². The van der Waals surface area contributed by atoms with Crippen molar-refractivity contribution in [3.63, 3.8) is 0 Å². The van der Waals surface area contributed by atoms with Gasteiger partial charge in [0.05, 0.1) is 6.04 Å². The highest BCUT2D eigenvalue weighted by molar-refractivity contribution is 5.23.